The number of rotatable bonds is 4. The standard InChI is InChI=1S/C13H10BrClFNO3S/c14-9-1-4-12(13(6-9)21(17,18)19)20-7-8-5-10(16)2-3-11(8)15/h1-6H,7H2,(H2,17,18,19). The highest BCUT2D eigenvalue weighted by atomic mass is 79.9. The van der Waals surface area contributed by atoms with Crippen molar-refractivity contribution in [2.24, 2.45) is 5.14 Å². The first-order valence-corrected chi connectivity index (χ1v) is 8.38. The first-order valence-electron chi connectivity index (χ1n) is 5.66. The molecular weight excluding hydrogens is 385 g/mol. The Kier molecular flexibility index (Phi) is 4.88. The molecule has 0 saturated carbocycles. The monoisotopic (exact) mass is 393 g/mol. The van der Waals surface area contributed by atoms with Crippen molar-refractivity contribution in [3.8, 4) is 5.75 Å². The summed E-state index contributed by atoms with van der Waals surface area (Å²) in [5, 5.41) is 5.46. The van der Waals surface area contributed by atoms with E-state index in [2.05, 4.69) is 15.9 Å². The molecule has 21 heavy (non-hydrogen) atoms. The molecule has 0 amide bonds. The minimum atomic E-state index is -3.94. The molecule has 0 unspecified atom stereocenters. The van der Waals surface area contributed by atoms with E-state index in [-0.39, 0.29) is 17.3 Å². The second-order valence-corrected chi connectivity index (χ2v) is 7.01. The van der Waals surface area contributed by atoms with E-state index in [0.717, 1.165) is 0 Å². The molecule has 0 bridgehead atoms. The third kappa shape index (κ3) is 4.16. The predicted molar refractivity (Wildman–Crippen MR) is 81.3 cm³/mol. The van der Waals surface area contributed by atoms with Crippen LogP contribution in [0.15, 0.2) is 45.8 Å². The molecule has 0 aliphatic rings. The van der Waals surface area contributed by atoms with Gasteiger partial charge in [-0.25, -0.2) is 17.9 Å². The molecule has 0 heterocycles. The molecule has 0 aliphatic carbocycles. The van der Waals surface area contributed by atoms with Crippen molar-refractivity contribution in [1.82, 2.24) is 0 Å². The first kappa shape index (κ1) is 16.2. The maximum absolute atomic E-state index is 13.2. The van der Waals surface area contributed by atoms with E-state index < -0.39 is 15.8 Å². The Labute approximate surface area is 134 Å². The average molecular weight is 395 g/mol. The highest BCUT2D eigenvalue weighted by Gasteiger charge is 2.16. The lowest BCUT2D eigenvalue weighted by Crippen LogP contribution is -2.14. The van der Waals surface area contributed by atoms with Gasteiger partial charge in [0.05, 0.1) is 0 Å². The summed E-state index contributed by atoms with van der Waals surface area (Å²) >= 11 is 9.08. The zero-order chi connectivity index (χ0) is 15.6. The molecule has 0 aliphatic heterocycles. The molecular formula is C13H10BrClFNO3S. The van der Waals surface area contributed by atoms with E-state index in [4.69, 9.17) is 21.5 Å². The maximum atomic E-state index is 13.2. The minimum Gasteiger partial charge on any atom is -0.487 e. The highest BCUT2D eigenvalue weighted by Crippen LogP contribution is 2.28. The Hall–Kier alpha value is -1.15. The minimum absolute atomic E-state index is 0.0704. The highest BCUT2D eigenvalue weighted by molar-refractivity contribution is 9.10. The van der Waals surface area contributed by atoms with Gasteiger partial charge < -0.3 is 4.74 Å². The van der Waals surface area contributed by atoms with Gasteiger partial charge in [0, 0.05) is 15.1 Å². The van der Waals surface area contributed by atoms with Gasteiger partial charge in [0.25, 0.3) is 0 Å². The van der Waals surface area contributed by atoms with Crippen molar-refractivity contribution in [3.05, 3.63) is 57.3 Å². The lowest BCUT2D eigenvalue weighted by atomic mass is 10.2. The molecule has 112 valence electrons. The van der Waals surface area contributed by atoms with Gasteiger partial charge in [-0.15, -0.1) is 0 Å². The van der Waals surface area contributed by atoms with E-state index in [9.17, 15) is 12.8 Å². The number of primary sulfonamides is 1. The van der Waals surface area contributed by atoms with Crippen LogP contribution in [0.3, 0.4) is 0 Å². The van der Waals surface area contributed by atoms with Gasteiger partial charge in [0.2, 0.25) is 10.0 Å². The van der Waals surface area contributed by atoms with Crippen molar-refractivity contribution in [2.45, 2.75) is 11.5 Å². The summed E-state index contributed by atoms with van der Waals surface area (Å²) in [6.45, 7) is -0.0826. The van der Waals surface area contributed by atoms with Crippen LogP contribution in [0.2, 0.25) is 5.02 Å². The SMILES string of the molecule is NS(=O)(=O)c1cc(Br)ccc1OCc1cc(F)ccc1Cl. The Morgan fingerprint density at radius 3 is 2.62 bits per heavy atom. The lowest BCUT2D eigenvalue weighted by Gasteiger charge is -2.11. The summed E-state index contributed by atoms with van der Waals surface area (Å²) in [4.78, 5) is -0.163. The summed E-state index contributed by atoms with van der Waals surface area (Å²) < 4.78 is 42.2. The van der Waals surface area contributed by atoms with Crippen LogP contribution in [0.4, 0.5) is 4.39 Å². The van der Waals surface area contributed by atoms with Gasteiger partial charge in [0.15, 0.2) is 0 Å². The van der Waals surface area contributed by atoms with Gasteiger partial charge >= 0.3 is 0 Å². The van der Waals surface area contributed by atoms with Crippen LogP contribution in [-0.2, 0) is 16.6 Å². The molecule has 8 heteroatoms. The Morgan fingerprint density at radius 2 is 1.95 bits per heavy atom. The van der Waals surface area contributed by atoms with Crippen molar-refractivity contribution in [3.63, 3.8) is 0 Å². The van der Waals surface area contributed by atoms with E-state index in [1.165, 1.54) is 30.3 Å². The third-order valence-electron chi connectivity index (χ3n) is 2.60. The lowest BCUT2D eigenvalue weighted by molar-refractivity contribution is 0.297. The molecule has 2 aromatic rings. The topological polar surface area (TPSA) is 69.4 Å². The Morgan fingerprint density at radius 1 is 1.24 bits per heavy atom. The van der Waals surface area contributed by atoms with Crippen molar-refractivity contribution >= 4 is 37.6 Å². The molecule has 0 radical (unpaired) electrons. The van der Waals surface area contributed by atoms with Crippen LogP contribution < -0.4 is 9.88 Å². The van der Waals surface area contributed by atoms with Crippen LogP contribution in [0.1, 0.15) is 5.56 Å². The number of sulfonamides is 1. The first-order chi connectivity index (χ1) is 9.77. The fourth-order valence-electron chi connectivity index (χ4n) is 1.63. The molecule has 0 spiro atoms. The van der Waals surface area contributed by atoms with Crippen molar-refractivity contribution in [2.75, 3.05) is 0 Å². The van der Waals surface area contributed by atoms with Gasteiger partial charge in [-0.3, -0.25) is 0 Å². The van der Waals surface area contributed by atoms with Gasteiger partial charge in [-0.05, 0) is 36.4 Å². The summed E-state index contributed by atoms with van der Waals surface area (Å²) in [5.74, 6) is -0.387. The molecule has 2 rings (SSSR count). The van der Waals surface area contributed by atoms with Crippen LogP contribution >= 0.6 is 27.5 Å². The number of hydrogen-bond donors (Lipinski definition) is 1. The molecule has 0 saturated heterocycles. The predicted octanol–water partition coefficient (Wildman–Crippen LogP) is 3.47. The molecule has 0 atom stereocenters. The largest absolute Gasteiger partial charge is 0.487 e. The number of hydrogen-bond acceptors (Lipinski definition) is 3. The summed E-state index contributed by atoms with van der Waals surface area (Å²) in [5.41, 5.74) is 0.403. The van der Waals surface area contributed by atoms with Gasteiger partial charge in [0.1, 0.15) is 23.1 Å². The van der Waals surface area contributed by atoms with E-state index >= 15 is 0 Å². The van der Waals surface area contributed by atoms with Crippen LogP contribution in [0.5, 0.6) is 5.75 Å². The fraction of sp³-hybridized carbons (Fsp3) is 0.0769. The zero-order valence-electron chi connectivity index (χ0n) is 10.5. The van der Waals surface area contributed by atoms with E-state index in [1.807, 2.05) is 0 Å². The van der Waals surface area contributed by atoms with Gasteiger partial charge in [-0.2, -0.15) is 0 Å². The normalized spacial score (nSPS) is 11.4. The molecule has 0 aromatic heterocycles. The van der Waals surface area contributed by atoms with Crippen LogP contribution in [0, 0.1) is 5.82 Å². The van der Waals surface area contributed by atoms with E-state index in [1.54, 1.807) is 6.07 Å². The van der Waals surface area contributed by atoms with Gasteiger partial charge in [-0.1, -0.05) is 27.5 Å². The number of halogens is 3. The second-order valence-electron chi connectivity index (χ2n) is 4.16. The molecule has 2 N–H and O–H groups in total. The summed E-state index contributed by atoms with van der Waals surface area (Å²) in [6.07, 6.45) is 0. The molecule has 2 aromatic carbocycles. The summed E-state index contributed by atoms with van der Waals surface area (Å²) in [7, 11) is -3.94. The van der Waals surface area contributed by atoms with Crippen molar-refractivity contribution in [1.29, 1.82) is 0 Å². The number of benzene rings is 2. The Bertz CT molecular complexity index is 783. The number of nitrogens with two attached hydrogens (primary N) is 1. The smallest absolute Gasteiger partial charge is 0.241 e. The van der Waals surface area contributed by atoms with Crippen LogP contribution in [-0.4, -0.2) is 8.42 Å². The van der Waals surface area contributed by atoms with Crippen molar-refractivity contribution < 1.29 is 17.5 Å². The summed E-state index contributed by atoms with van der Waals surface area (Å²) in [6, 6.07) is 8.24. The van der Waals surface area contributed by atoms with E-state index in [0.29, 0.717) is 15.1 Å². The van der Waals surface area contributed by atoms with Crippen LogP contribution in [0.25, 0.3) is 0 Å². The molecule has 4 nitrogen and oxygen atoms in total. The maximum Gasteiger partial charge on any atom is 0.241 e. The average Bonchev–Trinajstić information content (AvgIpc) is 2.40. The quantitative estimate of drug-likeness (QED) is 0.863. The molecule has 0 fully saturated rings. The Balaban J connectivity index is 2.30. The second kappa shape index (κ2) is 6.31. The number of ether oxygens (including phenoxy) is 1. The fourth-order valence-corrected chi connectivity index (χ4v) is 3.02. The zero-order valence-corrected chi connectivity index (χ0v) is 13.7. The third-order valence-corrected chi connectivity index (χ3v) is 4.40.